The Balaban J connectivity index is 2.91. The van der Waals surface area contributed by atoms with Crippen molar-refractivity contribution in [2.45, 2.75) is 96.3 Å². The smallest absolute Gasteiger partial charge is 0.0431 e. The third kappa shape index (κ3) is 19.9. The van der Waals surface area contributed by atoms with Crippen molar-refractivity contribution in [2.75, 3.05) is 26.3 Å². The molecule has 0 unspecified atom stereocenters. The molecule has 22 heavy (non-hydrogen) atoms. The summed E-state index contributed by atoms with van der Waals surface area (Å²) in [7, 11) is 0. The van der Waals surface area contributed by atoms with Crippen LogP contribution in [0.2, 0.25) is 0 Å². The molecular weight excluding hydrogens is 274 g/mol. The lowest BCUT2D eigenvalue weighted by Gasteiger charge is -2.05. The maximum absolute atomic E-state index is 8.69. The number of hydrogen-bond acceptors (Lipinski definition) is 3. The van der Waals surface area contributed by atoms with Gasteiger partial charge in [-0.1, -0.05) is 70.6 Å². The minimum absolute atomic E-state index is 0.355. The van der Waals surface area contributed by atoms with Gasteiger partial charge in [0.15, 0.2) is 0 Å². The molecule has 0 heterocycles. The van der Waals surface area contributed by atoms with E-state index in [4.69, 9.17) is 10.2 Å². The lowest BCUT2D eigenvalue weighted by molar-refractivity contribution is 0.282. The van der Waals surface area contributed by atoms with E-state index in [-0.39, 0.29) is 0 Å². The Labute approximate surface area is 138 Å². The summed E-state index contributed by atoms with van der Waals surface area (Å²) >= 11 is 0. The topological polar surface area (TPSA) is 52.5 Å². The second-order valence-electron chi connectivity index (χ2n) is 6.50. The minimum Gasteiger partial charge on any atom is -0.396 e. The molecule has 3 nitrogen and oxygen atoms in total. The summed E-state index contributed by atoms with van der Waals surface area (Å²) in [6.07, 6.45) is 19.0. The first-order chi connectivity index (χ1) is 10.9. The van der Waals surface area contributed by atoms with Gasteiger partial charge in [0.25, 0.3) is 0 Å². The van der Waals surface area contributed by atoms with E-state index >= 15 is 0 Å². The Bertz CT molecular complexity index is 168. The molecule has 0 aliphatic carbocycles. The van der Waals surface area contributed by atoms with E-state index in [1.807, 2.05) is 0 Å². The molecule has 0 aromatic rings. The van der Waals surface area contributed by atoms with Crippen LogP contribution in [0.5, 0.6) is 0 Å². The molecule has 0 rings (SSSR count). The van der Waals surface area contributed by atoms with Crippen molar-refractivity contribution in [1.29, 1.82) is 0 Å². The van der Waals surface area contributed by atoms with Crippen molar-refractivity contribution in [2.24, 2.45) is 0 Å². The molecule has 0 amide bonds. The fourth-order valence-corrected chi connectivity index (χ4v) is 2.79. The summed E-state index contributed by atoms with van der Waals surface area (Å²) in [6.45, 7) is 3.07. The highest BCUT2D eigenvalue weighted by Crippen LogP contribution is 2.08. The molecular formula is C19H41NO2. The standard InChI is InChI=1S/C19H41NO2/c21-18-14-10-6-2-1-4-8-12-16-20-17-13-9-5-3-7-11-15-19-22/h20-22H,1-19H2. The van der Waals surface area contributed by atoms with Gasteiger partial charge in [-0.2, -0.15) is 0 Å². The fourth-order valence-electron chi connectivity index (χ4n) is 2.79. The predicted molar refractivity (Wildman–Crippen MR) is 96.3 cm³/mol. The van der Waals surface area contributed by atoms with Crippen molar-refractivity contribution in [1.82, 2.24) is 5.32 Å². The Morgan fingerprint density at radius 2 is 0.636 bits per heavy atom. The van der Waals surface area contributed by atoms with Gasteiger partial charge in [-0.05, 0) is 38.8 Å². The van der Waals surface area contributed by atoms with Crippen molar-refractivity contribution in [3.63, 3.8) is 0 Å². The quantitative estimate of drug-likeness (QED) is 0.309. The maximum atomic E-state index is 8.69. The molecule has 0 spiro atoms. The zero-order valence-corrected chi connectivity index (χ0v) is 14.8. The van der Waals surface area contributed by atoms with Crippen LogP contribution in [0.4, 0.5) is 0 Å². The Morgan fingerprint density at radius 3 is 0.955 bits per heavy atom. The highest BCUT2D eigenvalue weighted by molar-refractivity contribution is 4.52. The molecule has 0 radical (unpaired) electrons. The van der Waals surface area contributed by atoms with E-state index in [0.29, 0.717) is 13.2 Å². The summed E-state index contributed by atoms with van der Waals surface area (Å²) < 4.78 is 0. The van der Waals surface area contributed by atoms with Gasteiger partial charge in [0.1, 0.15) is 0 Å². The molecule has 0 saturated carbocycles. The first kappa shape index (κ1) is 21.9. The van der Waals surface area contributed by atoms with Crippen LogP contribution in [0.3, 0.4) is 0 Å². The summed E-state index contributed by atoms with van der Waals surface area (Å²) in [5, 5.41) is 20.9. The first-order valence-electron chi connectivity index (χ1n) is 9.84. The molecule has 0 fully saturated rings. The number of unbranched alkanes of at least 4 members (excludes halogenated alkanes) is 13. The molecule has 3 heteroatoms. The summed E-state index contributed by atoms with van der Waals surface area (Å²) in [6, 6.07) is 0. The number of aliphatic hydroxyl groups is 2. The Kier molecular flexibility index (Phi) is 20.8. The summed E-state index contributed by atoms with van der Waals surface area (Å²) in [5.41, 5.74) is 0. The summed E-state index contributed by atoms with van der Waals surface area (Å²) in [5.74, 6) is 0. The minimum atomic E-state index is 0.355. The van der Waals surface area contributed by atoms with Crippen LogP contribution < -0.4 is 5.32 Å². The van der Waals surface area contributed by atoms with Crippen LogP contribution in [0.15, 0.2) is 0 Å². The zero-order valence-electron chi connectivity index (χ0n) is 14.8. The molecule has 0 aromatic heterocycles. The fraction of sp³-hybridized carbons (Fsp3) is 1.00. The average Bonchev–Trinajstić information content (AvgIpc) is 2.54. The molecule has 0 aromatic carbocycles. The van der Waals surface area contributed by atoms with E-state index in [2.05, 4.69) is 5.32 Å². The summed E-state index contributed by atoms with van der Waals surface area (Å²) in [4.78, 5) is 0. The highest BCUT2D eigenvalue weighted by atomic mass is 16.3. The van der Waals surface area contributed by atoms with Crippen LogP contribution in [-0.2, 0) is 0 Å². The molecule has 0 saturated heterocycles. The third-order valence-electron chi connectivity index (χ3n) is 4.27. The van der Waals surface area contributed by atoms with Crippen molar-refractivity contribution >= 4 is 0 Å². The molecule has 0 aliphatic rings. The van der Waals surface area contributed by atoms with Crippen LogP contribution in [0, 0.1) is 0 Å². The van der Waals surface area contributed by atoms with Crippen LogP contribution in [0.25, 0.3) is 0 Å². The van der Waals surface area contributed by atoms with Gasteiger partial charge in [0.05, 0.1) is 0 Å². The van der Waals surface area contributed by atoms with Gasteiger partial charge < -0.3 is 15.5 Å². The second kappa shape index (κ2) is 20.9. The normalized spacial score (nSPS) is 11.2. The van der Waals surface area contributed by atoms with E-state index < -0.39 is 0 Å². The van der Waals surface area contributed by atoms with Gasteiger partial charge in [-0.25, -0.2) is 0 Å². The van der Waals surface area contributed by atoms with Gasteiger partial charge in [-0.15, -0.1) is 0 Å². The molecule has 0 bridgehead atoms. The number of hydrogen-bond donors (Lipinski definition) is 3. The molecule has 3 N–H and O–H groups in total. The number of nitrogens with one attached hydrogen (secondary N) is 1. The first-order valence-corrected chi connectivity index (χ1v) is 9.84. The monoisotopic (exact) mass is 315 g/mol. The van der Waals surface area contributed by atoms with Crippen molar-refractivity contribution < 1.29 is 10.2 Å². The van der Waals surface area contributed by atoms with Gasteiger partial charge in [0.2, 0.25) is 0 Å². The zero-order chi connectivity index (χ0) is 16.1. The van der Waals surface area contributed by atoms with Crippen molar-refractivity contribution in [3.8, 4) is 0 Å². The largest absolute Gasteiger partial charge is 0.396 e. The van der Waals surface area contributed by atoms with Crippen LogP contribution in [-0.4, -0.2) is 36.5 Å². The third-order valence-corrected chi connectivity index (χ3v) is 4.27. The van der Waals surface area contributed by atoms with E-state index in [9.17, 15) is 0 Å². The van der Waals surface area contributed by atoms with Crippen LogP contribution in [0.1, 0.15) is 96.3 Å². The Morgan fingerprint density at radius 1 is 0.364 bits per heavy atom. The molecule has 134 valence electrons. The average molecular weight is 316 g/mol. The highest BCUT2D eigenvalue weighted by Gasteiger charge is 1.94. The molecule has 0 aliphatic heterocycles. The maximum Gasteiger partial charge on any atom is 0.0431 e. The van der Waals surface area contributed by atoms with Gasteiger partial charge in [0, 0.05) is 13.2 Å². The lowest BCUT2D eigenvalue weighted by Crippen LogP contribution is -2.16. The van der Waals surface area contributed by atoms with Crippen molar-refractivity contribution in [3.05, 3.63) is 0 Å². The number of rotatable bonds is 19. The lowest BCUT2D eigenvalue weighted by atomic mass is 10.1. The van der Waals surface area contributed by atoms with E-state index in [1.165, 1.54) is 96.6 Å². The number of aliphatic hydroxyl groups excluding tert-OH is 2. The van der Waals surface area contributed by atoms with E-state index in [1.54, 1.807) is 0 Å². The predicted octanol–water partition coefficient (Wildman–Crippen LogP) is 4.41. The van der Waals surface area contributed by atoms with E-state index in [0.717, 1.165) is 12.8 Å². The SMILES string of the molecule is OCCCCCCCCCCNCCCCCCCCCO. The van der Waals surface area contributed by atoms with Gasteiger partial charge in [-0.3, -0.25) is 0 Å². The van der Waals surface area contributed by atoms with Crippen LogP contribution >= 0.6 is 0 Å². The Hall–Kier alpha value is -0.120. The van der Waals surface area contributed by atoms with Gasteiger partial charge >= 0.3 is 0 Å². The second-order valence-corrected chi connectivity index (χ2v) is 6.50. The molecule has 0 atom stereocenters.